The van der Waals surface area contributed by atoms with Gasteiger partial charge in [0, 0.05) is 21.8 Å². The lowest BCUT2D eigenvalue weighted by atomic mass is 10.1. The second-order valence-corrected chi connectivity index (χ2v) is 9.14. The van der Waals surface area contributed by atoms with Crippen molar-refractivity contribution in [2.75, 3.05) is 10.6 Å². The molecule has 0 saturated carbocycles. The molecule has 2 amide bonds. The van der Waals surface area contributed by atoms with Crippen molar-refractivity contribution >= 4 is 45.7 Å². The molecular formula is C28H26N2O2S. The summed E-state index contributed by atoms with van der Waals surface area (Å²) >= 11 is 1.50. The minimum Gasteiger partial charge on any atom is -0.325 e. The Hall–Kier alpha value is -3.57. The average Bonchev–Trinajstić information content (AvgIpc) is 2.83. The first-order chi connectivity index (χ1) is 16.0. The largest absolute Gasteiger partial charge is 0.325 e. The van der Waals surface area contributed by atoms with Crippen LogP contribution in [0.5, 0.6) is 0 Å². The minimum absolute atomic E-state index is 0.0351. The molecule has 1 unspecified atom stereocenters. The fraction of sp³-hybridized carbons (Fsp3) is 0.143. The summed E-state index contributed by atoms with van der Waals surface area (Å²) in [6, 6.07) is 29.1. The molecule has 1 atom stereocenters. The van der Waals surface area contributed by atoms with Gasteiger partial charge in [0.2, 0.25) is 5.91 Å². The Morgan fingerprint density at radius 1 is 0.788 bits per heavy atom. The topological polar surface area (TPSA) is 58.2 Å². The second-order valence-electron chi connectivity index (χ2n) is 7.86. The molecule has 0 aliphatic carbocycles. The molecule has 0 aromatic heterocycles. The predicted octanol–water partition coefficient (Wildman–Crippen LogP) is 6.91. The lowest BCUT2D eigenvalue weighted by Gasteiger charge is -2.16. The molecular weight excluding hydrogens is 428 g/mol. The molecule has 0 heterocycles. The van der Waals surface area contributed by atoms with Gasteiger partial charge in [-0.1, -0.05) is 61.5 Å². The Morgan fingerprint density at radius 2 is 1.52 bits per heavy atom. The van der Waals surface area contributed by atoms with Crippen molar-refractivity contribution in [2.24, 2.45) is 0 Å². The standard InChI is InChI=1S/C28H26N2O2S/c1-3-26(28(32)30-23-16-15-20-10-5-6-11-21(20)17-23)33-24-13-8-12-22(18-24)29-27(31)25-14-7-4-9-19(25)2/h4-18,26H,3H2,1-2H3,(H,29,31)(H,30,32). The second kappa shape index (κ2) is 10.4. The van der Waals surface area contributed by atoms with Gasteiger partial charge in [0.1, 0.15) is 0 Å². The van der Waals surface area contributed by atoms with E-state index in [4.69, 9.17) is 0 Å². The molecule has 0 fully saturated rings. The number of nitrogens with one attached hydrogen (secondary N) is 2. The number of thioether (sulfide) groups is 1. The van der Waals surface area contributed by atoms with E-state index >= 15 is 0 Å². The summed E-state index contributed by atoms with van der Waals surface area (Å²) in [6.45, 7) is 3.92. The van der Waals surface area contributed by atoms with Crippen LogP contribution in [0.15, 0.2) is 95.9 Å². The maximum atomic E-state index is 13.0. The van der Waals surface area contributed by atoms with E-state index in [1.165, 1.54) is 11.8 Å². The van der Waals surface area contributed by atoms with Gasteiger partial charge < -0.3 is 10.6 Å². The zero-order valence-electron chi connectivity index (χ0n) is 18.7. The smallest absolute Gasteiger partial charge is 0.255 e. The molecule has 4 nitrogen and oxygen atoms in total. The van der Waals surface area contributed by atoms with Crippen LogP contribution in [0.4, 0.5) is 11.4 Å². The molecule has 0 spiro atoms. The quantitative estimate of drug-likeness (QED) is 0.298. The fourth-order valence-electron chi connectivity index (χ4n) is 3.65. The van der Waals surface area contributed by atoms with E-state index in [2.05, 4.69) is 16.7 Å². The zero-order valence-corrected chi connectivity index (χ0v) is 19.5. The van der Waals surface area contributed by atoms with E-state index in [0.717, 1.165) is 26.9 Å². The third kappa shape index (κ3) is 5.62. The van der Waals surface area contributed by atoms with E-state index in [9.17, 15) is 9.59 Å². The molecule has 0 bridgehead atoms. The summed E-state index contributed by atoms with van der Waals surface area (Å²) in [5, 5.41) is 7.99. The molecule has 0 saturated heterocycles. The van der Waals surface area contributed by atoms with Crippen LogP contribution in [0, 0.1) is 6.92 Å². The van der Waals surface area contributed by atoms with Gasteiger partial charge in [-0.15, -0.1) is 11.8 Å². The van der Waals surface area contributed by atoms with Gasteiger partial charge in [0.15, 0.2) is 0 Å². The highest BCUT2D eigenvalue weighted by Crippen LogP contribution is 2.29. The minimum atomic E-state index is -0.251. The number of fused-ring (bicyclic) bond motifs is 1. The van der Waals surface area contributed by atoms with Crippen molar-refractivity contribution < 1.29 is 9.59 Å². The number of hydrogen-bond acceptors (Lipinski definition) is 3. The van der Waals surface area contributed by atoms with Crippen LogP contribution in [0.1, 0.15) is 29.3 Å². The summed E-state index contributed by atoms with van der Waals surface area (Å²) in [6.07, 6.45) is 0.684. The molecule has 166 valence electrons. The Morgan fingerprint density at radius 3 is 2.30 bits per heavy atom. The molecule has 5 heteroatoms. The van der Waals surface area contributed by atoms with Crippen LogP contribution < -0.4 is 10.6 Å². The van der Waals surface area contributed by atoms with Gasteiger partial charge in [-0.05, 0) is 66.1 Å². The molecule has 4 aromatic carbocycles. The zero-order chi connectivity index (χ0) is 23.2. The van der Waals surface area contributed by atoms with Gasteiger partial charge >= 0.3 is 0 Å². The van der Waals surface area contributed by atoms with E-state index in [1.807, 2.05) is 98.8 Å². The van der Waals surface area contributed by atoms with Gasteiger partial charge in [-0.2, -0.15) is 0 Å². The Kier molecular flexibility index (Phi) is 7.10. The van der Waals surface area contributed by atoms with E-state index in [-0.39, 0.29) is 17.1 Å². The van der Waals surface area contributed by atoms with Crippen LogP contribution in [-0.2, 0) is 4.79 Å². The van der Waals surface area contributed by atoms with Crippen LogP contribution in [-0.4, -0.2) is 17.1 Å². The SMILES string of the molecule is CCC(Sc1cccc(NC(=O)c2ccccc2C)c1)C(=O)Nc1ccc2ccccc2c1. The lowest BCUT2D eigenvalue weighted by Crippen LogP contribution is -2.24. The van der Waals surface area contributed by atoms with Gasteiger partial charge in [0.05, 0.1) is 5.25 Å². The number of aryl methyl sites for hydroxylation is 1. The number of carbonyl (C=O) groups is 2. The molecule has 2 N–H and O–H groups in total. The number of hydrogen-bond donors (Lipinski definition) is 2. The van der Waals surface area contributed by atoms with Crippen molar-refractivity contribution in [1.29, 1.82) is 0 Å². The average molecular weight is 455 g/mol. The number of amides is 2. The Bertz CT molecular complexity index is 1300. The maximum absolute atomic E-state index is 13.0. The predicted molar refractivity (Wildman–Crippen MR) is 138 cm³/mol. The van der Waals surface area contributed by atoms with Crippen molar-refractivity contribution in [3.8, 4) is 0 Å². The summed E-state index contributed by atoms with van der Waals surface area (Å²) in [5.41, 5.74) is 3.07. The molecule has 33 heavy (non-hydrogen) atoms. The summed E-state index contributed by atoms with van der Waals surface area (Å²) in [5.74, 6) is -0.177. The third-order valence-corrected chi connectivity index (χ3v) is 6.80. The van der Waals surface area contributed by atoms with Crippen molar-refractivity contribution in [1.82, 2.24) is 0 Å². The fourth-order valence-corrected chi connectivity index (χ4v) is 4.66. The highest BCUT2D eigenvalue weighted by molar-refractivity contribution is 8.00. The first-order valence-electron chi connectivity index (χ1n) is 11.0. The number of carbonyl (C=O) groups excluding carboxylic acids is 2. The van der Waals surface area contributed by atoms with Crippen LogP contribution >= 0.6 is 11.8 Å². The Balaban J connectivity index is 1.43. The van der Waals surface area contributed by atoms with Crippen LogP contribution in [0.3, 0.4) is 0 Å². The van der Waals surface area contributed by atoms with E-state index in [0.29, 0.717) is 17.7 Å². The summed E-state index contributed by atoms with van der Waals surface area (Å²) in [7, 11) is 0. The number of benzene rings is 4. The highest BCUT2D eigenvalue weighted by atomic mass is 32.2. The third-order valence-electron chi connectivity index (χ3n) is 5.44. The monoisotopic (exact) mass is 454 g/mol. The van der Waals surface area contributed by atoms with Gasteiger partial charge in [-0.3, -0.25) is 9.59 Å². The molecule has 0 radical (unpaired) electrons. The van der Waals surface area contributed by atoms with Gasteiger partial charge in [-0.25, -0.2) is 0 Å². The molecule has 0 aliphatic heterocycles. The van der Waals surface area contributed by atoms with Crippen LogP contribution in [0.2, 0.25) is 0 Å². The molecule has 4 rings (SSSR count). The summed E-state index contributed by atoms with van der Waals surface area (Å²) in [4.78, 5) is 26.5. The van der Waals surface area contributed by atoms with E-state index < -0.39 is 0 Å². The first-order valence-corrected chi connectivity index (χ1v) is 11.8. The lowest BCUT2D eigenvalue weighted by molar-refractivity contribution is -0.115. The summed E-state index contributed by atoms with van der Waals surface area (Å²) < 4.78 is 0. The van der Waals surface area contributed by atoms with Crippen molar-refractivity contribution in [3.63, 3.8) is 0 Å². The highest BCUT2D eigenvalue weighted by Gasteiger charge is 2.19. The van der Waals surface area contributed by atoms with Crippen LogP contribution in [0.25, 0.3) is 10.8 Å². The van der Waals surface area contributed by atoms with E-state index in [1.54, 1.807) is 0 Å². The van der Waals surface area contributed by atoms with Crippen molar-refractivity contribution in [2.45, 2.75) is 30.4 Å². The number of rotatable bonds is 7. The normalized spacial score (nSPS) is 11.7. The molecule has 4 aromatic rings. The number of anilines is 2. The Labute approximate surface area is 198 Å². The first kappa shape index (κ1) is 22.6. The van der Waals surface area contributed by atoms with Gasteiger partial charge in [0.25, 0.3) is 5.91 Å². The molecule has 0 aliphatic rings. The maximum Gasteiger partial charge on any atom is 0.255 e. The van der Waals surface area contributed by atoms with Crippen molar-refractivity contribution in [3.05, 3.63) is 102 Å².